The number of pyridine rings is 1. The molecule has 0 aromatic carbocycles. The number of fused-ring (bicyclic) bond motifs is 1. The Morgan fingerprint density at radius 1 is 1.09 bits per heavy atom. The summed E-state index contributed by atoms with van der Waals surface area (Å²) in [5.41, 5.74) is 2.56. The largest absolute Gasteiger partial charge is 0.444 e. The molecular weight excluding hydrogens is 468 g/mol. The smallest absolute Gasteiger partial charge is 0.407 e. The van der Waals surface area contributed by atoms with Gasteiger partial charge in [-0.2, -0.15) is 5.10 Å². The first-order valence-corrected chi connectivity index (χ1v) is 12.5. The molecule has 3 heterocycles. The number of nitrogens with one attached hydrogen (secondary N) is 3. The SMILES string of the molecule is CC1(C)Cc2c(-c3cc(NC(=O)NC4CCC(NC(=O)OC(C)(C)C)CC4)ncc3Cl)cnn2C1. The number of nitrogens with zero attached hydrogens (tertiary/aromatic N) is 3. The molecular formula is C25H35ClN6O3. The van der Waals surface area contributed by atoms with E-state index in [1.165, 1.54) is 0 Å². The van der Waals surface area contributed by atoms with Gasteiger partial charge in [0, 0.05) is 41.6 Å². The lowest BCUT2D eigenvalue weighted by molar-refractivity contribution is 0.0490. The third-order valence-electron chi connectivity index (χ3n) is 6.34. The quantitative estimate of drug-likeness (QED) is 0.536. The van der Waals surface area contributed by atoms with Crippen LogP contribution in [0.25, 0.3) is 11.1 Å². The standard InChI is InChI=1S/C25H35ClN6O3/c1-24(2,3)35-23(34)30-16-8-6-15(7-9-16)29-22(33)31-21-10-17(19(26)13-27-21)18-12-28-32-14-25(4,5)11-20(18)32/h10,12-13,15-16H,6-9,11,14H2,1-5H3,(H,30,34)(H2,27,29,31,33). The summed E-state index contributed by atoms with van der Waals surface area (Å²) < 4.78 is 7.35. The van der Waals surface area contributed by atoms with Crippen LogP contribution in [0.5, 0.6) is 0 Å². The van der Waals surface area contributed by atoms with Gasteiger partial charge >= 0.3 is 12.1 Å². The number of rotatable bonds is 4. The van der Waals surface area contributed by atoms with Gasteiger partial charge in [0.25, 0.3) is 0 Å². The molecule has 2 aromatic rings. The van der Waals surface area contributed by atoms with Crippen LogP contribution in [0.2, 0.25) is 5.02 Å². The van der Waals surface area contributed by atoms with Gasteiger partial charge in [-0.1, -0.05) is 25.4 Å². The van der Waals surface area contributed by atoms with Crippen LogP contribution >= 0.6 is 11.6 Å². The van der Waals surface area contributed by atoms with E-state index in [-0.39, 0.29) is 23.5 Å². The summed E-state index contributed by atoms with van der Waals surface area (Å²) >= 11 is 6.47. The Kier molecular flexibility index (Phi) is 6.99. The highest BCUT2D eigenvalue weighted by Crippen LogP contribution is 2.39. The Balaban J connectivity index is 1.31. The van der Waals surface area contributed by atoms with Crippen molar-refractivity contribution in [2.45, 2.75) is 91.0 Å². The van der Waals surface area contributed by atoms with E-state index in [1.54, 1.807) is 12.3 Å². The number of urea groups is 1. The Bertz CT molecular complexity index is 1100. The van der Waals surface area contributed by atoms with Gasteiger partial charge in [-0.25, -0.2) is 14.6 Å². The summed E-state index contributed by atoms with van der Waals surface area (Å²) in [5.74, 6) is 0.430. The molecule has 4 rings (SSSR count). The molecule has 9 nitrogen and oxygen atoms in total. The van der Waals surface area contributed by atoms with E-state index in [0.717, 1.165) is 55.5 Å². The summed E-state index contributed by atoms with van der Waals surface area (Å²) in [6.07, 6.45) is 6.99. The van der Waals surface area contributed by atoms with Gasteiger partial charge in [0.2, 0.25) is 0 Å². The topological polar surface area (TPSA) is 110 Å². The van der Waals surface area contributed by atoms with Gasteiger partial charge in [-0.15, -0.1) is 0 Å². The van der Waals surface area contributed by atoms with Gasteiger partial charge in [-0.05, 0) is 64.4 Å². The van der Waals surface area contributed by atoms with E-state index >= 15 is 0 Å². The van der Waals surface area contributed by atoms with Crippen molar-refractivity contribution in [2.24, 2.45) is 5.41 Å². The first-order valence-electron chi connectivity index (χ1n) is 12.2. The first-order chi connectivity index (χ1) is 16.4. The second-order valence-electron chi connectivity index (χ2n) is 11.3. The fourth-order valence-corrected chi connectivity index (χ4v) is 4.99. The monoisotopic (exact) mass is 502 g/mol. The van der Waals surface area contributed by atoms with Crippen LogP contribution in [0.4, 0.5) is 15.4 Å². The van der Waals surface area contributed by atoms with Crippen molar-refractivity contribution < 1.29 is 14.3 Å². The van der Waals surface area contributed by atoms with Crippen molar-refractivity contribution in [1.82, 2.24) is 25.4 Å². The molecule has 0 radical (unpaired) electrons. The number of hydrogen-bond acceptors (Lipinski definition) is 5. The molecule has 0 saturated heterocycles. The van der Waals surface area contributed by atoms with E-state index in [1.807, 2.05) is 31.6 Å². The Hall–Kier alpha value is -2.81. The lowest BCUT2D eigenvalue weighted by Gasteiger charge is -2.30. The highest BCUT2D eigenvalue weighted by atomic mass is 35.5. The number of halogens is 1. The maximum Gasteiger partial charge on any atom is 0.407 e. The van der Waals surface area contributed by atoms with Crippen LogP contribution in [-0.4, -0.2) is 44.6 Å². The number of anilines is 1. The van der Waals surface area contributed by atoms with Gasteiger partial charge in [0.1, 0.15) is 11.4 Å². The molecule has 2 aliphatic rings. The lowest BCUT2D eigenvalue weighted by Crippen LogP contribution is -2.46. The molecule has 3 amide bonds. The number of hydrogen-bond donors (Lipinski definition) is 3. The summed E-state index contributed by atoms with van der Waals surface area (Å²) in [5, 5.41) is 13.8. The molecule has 1 fully saturated rings. The second-order valence-corrected chi connectivity index (χ2v) is 11.8. The average molecular weight is 503 g/mol. The van der Waals surface area contributed by atoms with E-state index in [9.17, 15) is 9.59 Å². The maximum atomic E-state index is 12.7. The molecule has 190 valence electrons. The normalized spacial score (nSPS) is 21.2. The number of carbonyl (C=O) groups is 2. The van der Waals surface area contributed by atoms with Crippen LogP contribution in [0.3, 0.4) is 0 Å². The zero-order chi connectivity index (χ0) is 25.4. The number of amides is 3. The van der Waals surface area contributed by atoms with Crippen molar-refractivity contribution in [2.75, 3.05) is 5.32 Å². The minimum absolute atomic E-state index is 0.0274. The molecule has 0 atom stereocenters. The van der Waals surface area contributed by atoms with Gasteiger partial charge in [0.15, 0.2) is 0 Å². The molecule has 0 unspecified atom stereocenters. The summed E-state index contributed by atoms with van der Waals surface area (Å²) in [4.78, 5) is 28.9. The molecule has 10 heteroatoms. The maximum absolute atomic E-state index is 12.7. The predicted molar refractivity (Wildman–Crippen MR) is 136 cm³/mol. The van der Waals surface area contributed by atoms with Gasteiger partial charge in [-0.3, -0.25) is 10.00 Å². The summed E-state index contributed by atoms with van der Waals surface area (Å²) in [6, 6.07) is 1.57. The summed E-state index contributed by atoms with van der Waals surface area (Å²) in [6.45, 7) is 10.8. The predicted octanol–water partition coefficient (Wildman–Crippen LogP) is 5.14. The Labute approximate surface area is 211 Å². The molecule has 1 aliphatic heterocycles. The number of ether oxygens (including phenoxy) is 1. The van der Waals surface area contributed by atoms with Crippen LogP contribution < -0.4 is 16.0 Å². The van der Waals surface area contributed by atoms with Crippen molar-refractivity contribution in [1.29, 1.82) is 0 Å². The van der Waals surface area contributed by atoms with Crippen molar-refractivity contribution in [3.8, 4) is 11.1 Å². The van der Waals surface area contributed by atoms with Crippen molar-refractivity contribution in [3.63, 3.8) is 0 Å². The zero-order valence-corrected chi connectivity index (χ0v) is 21.8. The summed E-state index contributed by atoms with van der Waals surface area (Å²) in [7, 11) is 0. The van der Waals surface area contributed by atoms with Gasteiger partial charge < -0.3 is 15.4 Å². The molecule has 0 bridgehead atoms. The minimum atomic E-state index is -0.522. The van der Waals surface area contributed by atoms with Crippen LogP contribution in [-0.2, 0) is 17.7 Å². The van der Waals surface area contributed by atoms with E-state index < -0.39 is 11.7 Å². The average Bonchev–Trinajstić information content (AvgIpc) is 3.24. The number of carbonyl (C=O) groups excluding carboxylic acids is 2. The van der Waals surface area contributed by atoms with Crippen LogP contribution in [0, 0.1) is 5.41 Å². The molecule has 0 spiro atoms. The first kappa shape index (κ1) is 25.3. The number of aromatic nitrogens is 3. The van der Waals surface area contributed by atoms with E-state index in [0.29, 0.717) is 10.8 Å². The Morgan fingerprint density at radius 2 is 1.74 bits per heavy atom. The van der Waals surface area contributed by atoms with E-state index in [2.05, 4.69) is 39.9 Å². The molecule has 2 aromatic heterocycles. The highest BCUT2D eigenvalue weighted by Gasteiger charge is 2.32. The van der Waals surface area contributed by atoms with Crippen molar-refractivity contribution in [3.05, 3.63) is 29.2 Å². The van der Waals surface area contributed by atoms with Gasteiger partial charge in [0.05, 0.1) is 11.2 Å². The number of alkyl carbamates (subject to hydrolysis) is 1. The second kappa shape index (κ2) is 9.68. The zero-order valence-electron chi connectivity index (χ0n) is 21.1. The molecule has 35 heavy (non-hydrogen) atoms. The highest BCUT2D eigenvalue weighted by molar-refractivity contribution is 6.33. The third-order valence-corrected chi connectivity index (χ3v) is 6.64. The fourth-order valence-electron chi connectivity index (χ4n) is 4.78. The fraction of sp³-hybridized carbons (Fsp3) is 0.600. The molecule has 1 aliphatic carbocycles. The van der Waals surface area contributed by atoms with Crippen molar-refractivity contribution >= 4 is 29.5 Å². The molecule has 1 saturated carbocycles. The lowest BCUT2D eigenvalue weighted by atomic mass is 9.89. The third kappa shape index (κ3) is 6.45. The Morgan fingerprint density at radius 3 is 2.40 bits per heavy atom. The molecule has 3 N–H and O–H groups in total. The van der Waals surface area contributed by atoms with Crippen LogP contribution in [0.1, 0.15) is 66.0 Å². The minimum Gasteiger partial charge on any atom is -0.444 e. The van der Waals surface area contributed by atoms with E-state index in [4.69, 9.17) is 16.3 Å². The van der Waals surface area contributed by atoms with Crippen LogP contribution in [0.15, 0.2) is 18.5 Å².